The van der Waals surface area contributed by atoms with E-state index in [4.69, 9.17) is 0 Å². The number of aromatic nitrogens is 3. The molecule has 0 radical (unpaired) electrons. The molecular weight excluding hydrogens is 406 g/mol. The Hall–Kier alpha value is -2.54. The summed E-state index contributed by atoms with van der Waals surface area (Å²) in [6, 6.07) is 4.30. The number of piperazine rings is 1. The topological polar surface area (TPSA) is 88.4 Å². The zero-order valence-electron chi connectivity index (χ0n) is 14.5. The van der Waals surface area contributed by atoms with Crippen molar-refractivity contribution in [1.82, 2.24) is 24.2 Å². The monoisotopic (exact) mass is 421 g/mol. The normalized spacial score (nSPS) is 16.4. The van der Waals surface area contributed by atoms with Gasteiger partial charge in [0.1, 0.15) is 5.82 Å². The van der Waals surface area contributed by atoms with Crippen LogP contribution in [0.15, 0.2) is 24.3 Å². The first-order valence-electron chi connectivity index (χ1n) is 8.01. The molecule has 2 heterocycles. The van der Waals surface area contributed by atoms with Crippen LogP contribution in [-0.2, 0) is 16.2 Å². The second-order valence-corrected chi connectivity index (χ2v) is 8.11. The quantitative estimate of drug-likeness (QED) is 0.694. The average molecular weight is 421 g/mol. The van der Waals surface area contributed by atoms with Gasteiger partial charge in [-0.15, -0.1) is 5.10 Å². The number of carbonyl (C=O) groups is 1. The molecule has 152 valence electrons. The molecule has 1 fully saturated rings. The maximum absolute atomic E-state index is 13.6. The van der Waals surface area contributed by atoms with Crippen molar-refractivity contribution in [3.8, 4) is 5.69 Å². The minimum atomic E-state index is -4.98. The lowest BCUT2D eigenvalue weighted by Crippen LogP contribution is -2.50. The summed E-state index contributed by atoms with van der Waals surface area (Å²) >= 11 is 0. The van der Waals surface area contributed by atoms with E-state index in [1.807, 2.05) is 0 Å². The predicted octanol–water partition coefficient (Wildman–Crippen LogP) is 1.14. The Kier molecular flexibility index (Phi) is 5.14. The Labute approximate surface area is 157 Å². The number of hydrogen-bond acceptors (Lipinski definition) is 5. The largest absolute Gasteiger partial charge is 0.435 e. The highest BCUT2D eigenvalue weighted by molar-refractivity contribution is 7.88. The summed E-state index contributed by atoms with van der Waals surface area (Å²) in [4.78, 5) is 13.7. The van der Waals surface area contributed by atoms with Gasteiger partial charge < -0.3 is 4.90 Å². The van der Waals surface area contributed by atoms with Gasteiger partial charge in [-0.05, 0) is 18.2 Å². The number of sulfonamides is 1. The molecule has 2 aromatic rings. The molecule has 1 aliphatic rings. The van der Waals surface area contributed by atoms with Crippen molar-refractivity contribution >= 4 is 15.9 Å². The van der Waals surface area contributed by atoms with Gasteiger partial charge >= 0.3 is 6.18 Å². The third kappa shape index (κ3) is 3.99. The van der Waals surface area contributed by atoms with Crippen LogP contribution in [0, 0.1) is 5.82 Å². The zero-order valence-corrected chi connectivity index (χ0v) is 15.3. The van der Waals surface area contributed by atoms with Gasteiger partial charge in [-0.25, -0.2) is 17.5 Å². The number of rotatable bonds is 3. The van der Waals surface area contributed by atoms with Gasteiger partial charge in [-0.3, -0.25) is 4.79 Å². The minimum Gasteiger partial charge on any atom is -0.335 e. The SMILES string of the molecule is CS(=O)(=O)N1CCN(C(=O)c2nnn(-c3cccc(F)c3)c2C(F)(F)F)CC1. The summed E-state index contributed by atoms with van der Waals surface area (Å²) < 4.78 is 78.8. The molecule has 0 spiro atoms. The van der Waals surface area contributed by atoms with Crippen LogP contribution in [0.4, 0.5) is 17.6 Å². The summed E-state index contributed by atoms with van der Waals surface area (Å²) in [5, 5.41) is 6.77. The Morgan fingerprint density at radius 2 is 1.79 bits per heavy atom. The molecule has 8 nitrogen and oxygen atoms in total. The van der Waals surface area contributed by atoms with Gasteiger partial charge in [0.05, 0.1) is 11.9 Å². The molecule has 28 heavy (non-hydrogen) atoms. The fourth-order valence-electron chi connectivity index (χ4n) is 2.84. The van der Waals surface area contributed by atoms with Crippen LogP contribution in [0.2, 0.25) is 0 Å². The second kappa shape index (κ2) is 7.13. The molecule has 0 atom stereocenters. The van der Waals surface area contributed by atoms with Gasteiger partial charge in [0.25, 0.3) is 5.91 Å². The van der Waals surface area contributed by atoms with Crippen molar-refractivity contribution in [3.05, 3.63) is 41.5 Å². The molecule has 0 unspecified atom stereocenters. The summed E-state index contributed by atoms with van der Waals surface area (Å²) in [5.41, 5.74) is -2.58. The molecule has 13 heteroatoms. The van der Waals surface area contributed by atoms with E-state index in [0.717, 1.165) is 27.6 Å². The fourth-order valence-corrected chi connectivity index (χ4v) is 3.67. The van der Waals surface area contributed by atoms with Crippen molar-refractivity contribution < 1.29 is 30.8 Å². The van der Waals surface area contributed by atoms with E-state index in [9.17, 15) is 30.8 Å². The first kappa shape index (κ1) is 20.2. The second-order valence-electron chi connectivity index (χ2n) is 6.13. The number of nitrogens with zero attached hydrogens (tertiary/aromatic N) is 5. The van der Waals surface area contributed by atoms with Crippen LogP contribution < -0.4 is 0 Å². The number of halogens is 4. The molecule has 1 aromatic carbocycles. The number of hydrogen-bond donors (Lipinski definition) is 0. The summed E-state index contributed by atoms with van der Waals surface area (Å²) in [6.45, 7) is -0.250. The van der Waals surface area contributed by atoms with Gasteiger partial charge in [0.2, 0.25) is 10.0 Å². The maximum atomic E-state index is 13.6. The van der Waals surface area contributed by atoms with Crippen molar-refractivity contribution in [1.29, 1.82) is 0 Å². The molecular formula is C15H15F4N5O3S. The zero-order chi connectivity index (χ0) is 20.7. The first-order chi connectivity index (χ1) is 13.0. The van der Waals surface area contributed by atoms with Crippen LogP contribution in [0.25, 0.3) is 5.69 Å². The predicted molar refractivity (Wildman–Crippen MR) is 88.6 cm³/mol. The lowest BCUT2D eigenvalue weighted by molar-refractivity contribution is -0.143. The molecule has 0 saturated carbocycles. The van der Waals surface area contributed by atoms with Crippen molar-refractivity contribution in [2.75, 3.05) is 32.4 Å². The van der Waals surface area contributed by atoms with E-state index in [-0.39, 0.29) is 31.9 Å². The number of carbonyl (C=O) groups excluding carboxylic acids is 1. The van der Waals surface area contributed by atoms with Gasteiger partial charge in [0, 0.05) is 26.2 Å². The van der Waals surface area contributed by atoms with Crippen LogP contribution in [0.3, 0.4) is 0 Å². The van der Waals surface area contributed by atoms with E-state index in [1.54, 1.807) is 0 Å². The summed E-state index contributed by atoms with van der Waals surface area (Å²) in [7, 11) is -3.46. The molecule has 1 aromatic heterocycles. The van der Waals surface area contributed by atoms with Crippen LogP contribution >= 0.6 is 0 Å². The Bertz CT molecular complexity index is 997. The van der Waals surface area contributed by atoms with E-state index >= 15 is 0 Å². The van der Waals surface area contributed by atoms with Crippen LogP contribution in [-0.4, -0.2) is 71.0 Å². The standard InChI is InChI=1S/C15H15F4N5O3S/c1-28(26,27)23-7-5-22(6-8-23)14(25)12-13(15(17,18)19)24(21-20-12)11-4-2-3-10(16)9-11/h2-4,9H,5-8H2,1H3. The molecule has 1 saturated heterocycles. The molecule has 0 aliphatic carbocycles. The number of alkyl halides is 3. The van der Waals surface area contributed by atoms with E-state index in [0.29, 0.717) is 4.68 Å². The van der Waals surface area contributed by atoms with Gasteiger partial charge in [-0.1, -0.05) is 11.3 Å². The molecule has 3 rings (SSSR count). The van der Waals surface area contributed by atoms with Gasteiger partial charge in [-0.2, -0.15) is 17.5 Å². The number of benzene rings is 1. The molecule has 1 aliphatic heterocycles. The van der Waals surface area contributed by atoms with Crippen molar-refractivity contribution in [2.45, 2.75) is 6.18 Å². The van der Waals surface area contributed by atoms with Crippen LogP contribution in [0.5, 0.6) is 0 Å². The van der Waals surface area contributed by atoms with Crippen molar-refractivity contribution in [3.63, 3.8) is 0 Å². The average Bonchev–Trinajstić information content (AvgIpc) is 3.06. The minimum absolute atomic E-state index is 0.0377. The van der Waals surface area contributed by atoms with Crippen LogP contribution in [0.1, 0.15) is 16.2 Å². The van der Waals surface area contributed by atoms with E-state index in [1.165, 1.54) is 12.1 Å². The lowest BCUT2D eigenvalue weighted by atomic mass is 10.2. The Balaban J connectivity index is 1.93. The Morgan fingerprint density at radius 1 is 1.14 bits per heavy atom. The molecule has 0 bridgehead atoms. The summed E-state index contributed by atoms with van der Waals surface area (Å²) in [6.07, 6.45) is -3.97. The summed E-state index contributed by atoms with van der Waals surface area (Å²) in [5.74, 6) is -1.80. The highest BCUT2D eigenvalue weighted by Crippen LogP contribution is 2.33. The van der Waals surface area contributed by atoms with E-state index < -0.39 is 39.3 Å². The maximum Gasteiger partial charge on any atom is 0.435 e. The third-order valence-electron chi connectivity index (χ3n) is 4.19. The van der Waals surface area contributed by atoms with Gasteiger partial charge in [0.15, 0.2) is 11.4 Å². The fraction of sp³-hybridized carbons (Fsp3) is 0.400. The third-order valence-corrected chi connectivity index (χ3v) is 5.49. The van der Waals surface area contributed by atoms with Crippen molar-refractivity contribution in [2.24, 2.45) is 0 Å². The highest BCUT2D eigenvalue weighted by Gasteiger charge is 2.43. The molecule has 1 amide bonds. The lowest BCUT2D eigenvalue weighted by Gasteiger charge is -2.32. The molecule has 0 N–H and O–H groups in total. The smallest absolute Gasteiger partial charge is 0.335 e. The highest BCUT2D eigenvalue weighted by atomic mass is 32.2. The van der Waals surface area contributed by atoms with E-state index in [2.05, 4.69) is 10.3 Å². The number of amides is 1. The first-order valence-corrected chi connectivity index (χ1v) is 9.86. The Morgan fingerprint density at radius 3 is 2.32 bits per heavy atom.